The second kappa shape index (κ2) is 7.62. The Morgan fingerprint density at radius 2 is 1.83 bits per heavy atom. The van der Waals surface area contributed by atoms with Crippen LogP contribution in [0.4, 0.5) is 5.69 Å². The molecule has 0 saturated carbocycles. The zero-order chi connectivity index (χ0) is 20.5. The number of ether oxygens (including phenoxy) is 1. The van der Waals surface area contributed by atoms with E-state index in [0.29, 0.717) is 12.1 Å². The summed E-state index contributed by atoms with van der Waals surface area (Å²) < 4.78 is 7.11. The lowest BCUT2D eigenvalue weighted by Crippen LogP contribution is -2.44. The monoisotopic (exact) mass is 390 g/mol. The highest BCUT2D eigenvalue weighted by molar-refractivity contribution is 6.01. The van der Waals surface area contributed by atoms with Gasteiger partial charge in [0.15, 0.2) is 0 Å². The molecule has 1 aliphatic rings. The van der Waals surface area contributed by atoms with Gasteiger partial charge < -0.3 is 15.0 Å². The first-order chi connectivity index (χ1) is 14.0. The SMILES string of the molecule is COc1ccc(CCN2C(=O)c3ccccc3N[C@@H]2c2c(C)nn(C)c2C)cc1. The van der Waals surface area contributed by atoms with Crippen LogP contribution in [0.1, 0.15) is 39.0 Å². The number of benzene rings is 2. The predicted molar refractivity (Wildman–Crippen MR) is 113 cm³/mol. The number of methoxy groups -OCH3 is 1. The van der Waals surface area contributed by atoms with Gasteiger partial charge in [-0.1, -0.05) is 24.3 Å². The molecule has 0 bridgehead atoms. The number of nitrogens with zero attached hydrogens (tertiary/aromatic N) is 3. The number of fused-ring (bicyclic) bond motifs is 1. The van der Waals surface area contributed by atoms with Crippen molar-refractivity contribution in [1.82, 2.24) is 14.7 Å². The molecule has 4 rings (SSSR count). The third kappa shape index (κ3) is 3.46. The molecule has 29 heavy (non-hydrogen) atoms. The summed E-state index contributed by atoms with van der Waals surface area (Å²) in [5, 5.41) is 8.14. The lowest BCUT2D eigenvalue weighted by atomic mass is 10.0. The van der Waals surface area contributed by atoms with Gasteiger partial charge in [-0.25, -0.2) is 0 Å². The minimum Gasteiger partial charge on any atom is -0.497 e. The summed E-state index contributed by atoms with van der Waals surface area (Å²) in [5.41, 5.74) is 5.79. The third-order valence-corrected chi connectivity index (χ3v) is 5.66. The number of carbonyl (C=O) groups is 1. The van der Waals surface area contributed by atoms with Crippen molar-refractivity contribution in [3.05, 3.63) is 76.6 Å². The van der Waals surface area contributed by atoms with Crippen LogP contribution in [0, 0.1) is 13.8 Å². The molecule has 6 heteroatoms. The van der Waals surface area contributed by atoms with Gasteiger partial charge in [0.05, 0.1) is 18.4 Å². The molecular formula is C23H26N4O2. The van der Waals surface area contributed by atoms with E-state index in [9.17, 15) is 4.79 Å². The summed E-state index contributed by atoms with van der Waals surface area (Å²) in [5.74, 6) is 0.874. The molecule has 1 amide bonds. The van der Waals surface area contributed by atoms with E-state index in [1.807, 2.05) is 79.0 Å². The molecule has 0 radical (unpaired) electrons. The fourth-order valence-electron chi connectivity index (χ4n) is 3.98. The van der Waals surface area contributed by atoms with E-state index in [2.05, 4.69) is 10.4 Å². The summed E-state index contributed by atoms with van der Waals surface area (Å²) in [6.07, 6.45) is 0.512. The fraction of sp³-hybridized carbons (Fsp3) is 0.304. The Labute approximate surface area is 171 Å². The van der Waals surface area contributed by atoms with Crippen LogP contribution < -0.4 is 10.1 Å². The van der Waals surface area contributed by atoms with E-state index in [1.165, 1.54) is 0 Å². The second-order valence-electron chi connectivity index (χ2n) is 7.40. The average Bonchev–Trinajstić information content (AvgIpc) is 2.99. The van der Waals surface area contributed by atoms with Crippen molar-refractivity contribution in [3.63, 3.8) is 0 Å². The maximum atomic E-state index is 13.4. The van der Waals surface area contributed by atoms with Gasteiger partial charge >= 0.3 is 0 Å². The number of aryl methyl sites for hydroxylation is 2. The van der Waals surface area contributed by atoms with E-state index in [0.717, 1.165) is 40.4 Å². The first-order valence-corrected chi connectivity index (χ1v) is 9.79. The van der Waals surface area contributed by atoms with Crippen molar-refractivity contribution in [3.8, 4) is 5.75 Å². The summed E-state index contributed by atoms with van der Waals surface area (Å²) in [6, 6.07) is 15.7. The Kier molecular flexibility index (Phi) is 5.01. The molecule has 1 aliphatic heterocycles. The van der Waals surface area contributed by atoms with Crippen LogP contribution >= 0.6 is 0 Å². The lowest BCUT2D eigenvalue weighted by molar-refractivity contribution is 0.0684. The third-order valence-electron chi connectivity index (χ3n) is 5.66. The van der Waals surface area contributed by atoms with E-state index in [-0.39, 0.29) is 12.1 Å². The number of para-hydroxylation sites is 1. The van der Waals surface area contributed by atoms with Gasteiger partial charge in [0.2, 0.25) is 0 Å². The first-order valence-electron chi connectivity index (χ1n) is 9.79. The molecule has 0 aliphatic carbocycles. The molecule has 0 saturated heterocycles. The average molecular weight is 390 g/mol. The minimum atomic E-state index is -0.246. The Morgan fingerprint density at radius 1 is 1.10 bits per heavy atom. The van der Waals surface area contributed by atoms with Crippen LogP contribution in [0.15, 0.2) is 48.5 Å². The lowest BCUT2D eigenvalue weighted by Gasteiger charge is -2.38. The predicted octanol–water partition coefficient (Wildman–Crippen LogP) is 3.85. The van der Waals surface area contributed by atoms with E-state index < -0.39 is 0 Å². The van der Waals surface area contributed by atoms with Crippen LogP contribution in [0.3, 0.4) is 0 Å². The van der Waals surface area contributed by atoms with Crippen LogP contribution in [-0.2, 0) is 13.5 Å². The number of nitrogens with one attached hydrogen (secondary N) is 1. The van der Waals surface area contributed by atoms with E-state index in [1.54, 1.807) is 7.11 Å². The molecule has 0 fully saturated rings. The normalized spacial score (nSPS) is 15.8. The summed E-state index contributed by atoms with van der Waals surface area (Å²) >= 11 is 0. The van der Waals surface area contributed by atoms with Crippen molar-refractivity contribution >= 4 is 11.6 Å². The summed E-state index contributed by atoms with van der Waals surface area (Å²) in [7, 11) is 3.60. The number of rotatable bonds is 5. The Hall–Kier alpha value is -3.28. The molecule has 1 atom stereocenters. The van der Waals surface area contributed by atoms with Crippen LogP contribution in [0.2, 0.25) is 0 Å². The van der Waals surface area contributed by atoms with Crippen molar-refractivity contribution in [2.45, 2.75) is 26.4 Å². The molecule has 1 aromatic heterocycles. The Morgan fingerprint density at radius 3 is 2.48 bits per heavy atom. The zero-order valence-electron chi connectivity index (χ0n) is 17.3. The van der Waals surface area contributed by atoms with Crippen molar-refractivity contribution < 1.29 is 9.53 Å². The molecule has 1 N–H and O–H groups in total. The van der Waals surface area contributed by atoms with Crippen molar-refractivity contribution in [1.29, 1.82) is 0 Å². The van der Waals surface area contributed by atoms with Gasteiger partial charge in [-0.3, -0.25) is 9.48 Å². The number of amides is 1. The molecule has 0 unspecified atom stereocenters. The standard InChI is InChI=1S/C23H26N4O2/c1-15-21(16(2)26(3)25-15)22-24-20-8-6-5-7-19(20)23(28)27(22)14-13-17-9-11-18(29-4)12-10-17/h5-12,22,24H,13-14H2,1-4H3/t22-/m0/s1. The number of anilines is 1. The van der Waals surface area contributed by atoms with Crippen LogP contribution in [0.5, 0.6) is 5.75 Å². The molecule has 2 heterocycles. The molecule has 6 nitrogen and oxygen atoms in total. The van der Waals surface area contributed by atoms with E-state index in [4.69, 9.17) is 4.74 Å². The zero-order valence-corrected chi connectivity index (χ0v) is 17.3. The van der Waals surface area contributed by atoms with Gasteiger partial charge in [0.1, 0.15) is 11.9 Å². The smallest absolute Gasteiger partial charge is 0.257 e. The molecule has 3 aromatic rings. The van der Waals surface area contributed by atoms with Crippen molar-refractivity contribution in [2.75, 3.05) is 19.0 Å². The maximum absolute atomic E-state index is 13.4. The Bertz CT molecular complexity index is 1040. The van der Waals surface area contributed by atoms with Crippen LogP contribution in [-0.4, -0.2) is 34.2 Å². The summed E-state index contributed by atoms with van der Waals surface area (Å²) in [4.78, 5) is 15.3. The fourth-order valence-corrected chi connectivity index (χ4v) is 3.98. The van der Waals surface area contributed by atoms with Gasteiger partial charge in [0, 0.05) is 30.5 Å². The topological polar surface area (TPSA) is 59.4 Å². The minimum absolute atomic E-state index is 0.0421. The molecule has 150 valence electrons. The van der Waals surface area contributed by atoms with Crippen molar-refractivity contribution in [2.24, 2.45) is 7.05 Å². The highest BCUT2D eigenvalue weighted by atomic mass is 16.5. The summed E-state index contributed by atoms with van der Waals surface area (Å²) in [6.45, 7) is 4.64. The number of hydrogen-bond donors (Lipinski definition) is 1. The number of carbonyl (C=O) groups excluding carboxylic acids is 1. The Balaban J connectivity index is 1.68. The second-order valence-corrected chi connectivity index (χ2v) is 7.40. The molecular weight excluding hydrogens is 364 g/mol. The van der Waals surface area contributed by atoms with Gasteiger partial charge in [-0.05, 0) is 50.1 Å². The first kappa shape index (κ1) is 19.1. The highest BCUT2D eigenvalue weighted by Crippen LogP contribution is 2.35. The quantitative estimate of drug-likeness (QED) is 0.719. The number of aromatic nitrogens is 2. The maximum Gasteiger partial charge on any atom is 0.257 e. The molecule has 2 aromatic carbocycles. The van der Waals surface area contributed by atoms with Gasteiger partial charge in [-0.2, -0.15) is 5.10 Å². The van der Waals surface area contributed by atoms with Crippen LogP contribution in [0.25, 0.3) is 0 Å². The largest absolute Gasteiger partial charge is 0.497 e. The highest BCUT2D eigenvalue weighted by Gasteiger charge is 2.35. The molecule has 0 spiro atoms. The van der Waals surface area contributed by atoms with Gasteiger partial charge in [-0.15, -0.1) is 0 Å². The van der Waals surface area contributed by atoms with Gasteiger partial charge in [0.25, 0.3) is 5.91 Å². The number of hydrogen-bond acceptors (Lipinski definition) is 4. The van der Waals surface area contributed by atoms with E-state index >= 15 is 0 Å².